The normalized spacial score (nSPS) is 13.8. The van der Waals surface area contributed by atoms with Crippen molar-refractivity contribution in [3.63, 3.8) is 0 Å². The minimum absolute atomic E-state index is 0.319. The fraction of sp³-hybridized carbons (Fsp3) is 0.312. The van der Waals surface area contributed by atoms with E-state index in [0.717, 1.165) is 23.6 Å². The molecule has 1 aliphatic rings. The summed E-state index contributed by atoms with van der Waals surface area (Å²) in [6.07, 6.45) is 0.856. The highest BCUT2D eigenvalue weighted by Crippen LogP contribution is 2.33. The van der Waals surface area contributed by atoms with E-state index in [-0.39, 0.29) is 0 Å². The molecular formula is C16H17NO4. The molecule has 5 heteroatoms. The lowest BCUT2D eigenvalue weighted by atomic mass is 10.2. The zero-order chi connectivity index (χ0) is 15.0. The Morgan fingerprint density at radius 1 is 1.14 bits per heavy atom. The molecule has 21 heavy (non-hydrogen) atoms. The predicted octanol–water partition coefficient (Wildman–Crippen LogP) is 2.95. The van der Waals surface area contributed by atoms with E-state index in [4.69, 9.17) is 9.47 Å². The van der Waals surface area contributed by atoms with Crippen molar-refractivity contribution in [2.45, 2.75) is 20.3 Å². The van der Waals surface area contributed by atoms with Crippen LogP contribution in [0.3, 0.4) is 0 Å². The molecule has 0 saturated carbocycles. The monoisotopic (exact) mass is 287 g/mol. The molecular weight excluding hydrogens is 270 g/mol. The average Bonchev–Trinajstić information content (AvgIpc) is 2.64. The van der Waals surface area contributed by atoms with Crippen molar-refractivity contribution < 1.29 is 19.4 Å². The van der Waals surface area contributed by atoms with Crippen molar-refractivity contribution in [3.05, 3.63) is 41.2 Å². The number of aromatic nitrogens is 1. The van der Waals surface area contributed by atoms with Crippen molar-refractivity contribution in [2.24, 2.45) is 0 Å². The number of rotatable bonds is 2. The summed E-state index contributed by atoms with van der Waals surface area (Å²) in [6, 6.07) is 7.36. The molecule has 0 saturated heterocycles. The summed E-state index contributed by atoms with van der Waals surface area (Å²) in [4.78, 5) is 11.2. The van der Waals surface area contributed by atoms with Gasteiger partial charge in [-0.3, -0.25) is 0 Å². The number of benzene rings is 1. The summed E-state index contributed by atoms with van der Waals surface area (Å²) in [5, 5.41) is 9.22. The average molecular weight is 287 g/mol. The minimum atomic E-state index is -0.913. The number of aromatic carboxylic acids is 1. The van der Waals surface area contributed by atoms with Gasteiger partial charge in [-0.1, -0.05) is 0 Å². The molecule has 1 aliphatic heterocycles. The van der Waals surface area contributed by atoms with Gasteiger partial charge < -0.3 is 19.1 Å². The Morgan fingerprint density at radius 2 is 1.86 bits per heavy atom. The highest BCUT2D eigenvalue weighted by molar-refractivity contribution is 5.89. The Balaban J connectivity index is 2.09. The Morgan fingerprint density at radius 3 is 2.52 bits per heavy atom. The zero-order valence-electron chi connectivity index (χ0n) is 12.0. The lowest BCUT2D eigenvalue weighted by molar-refractivity contribution is 0.0696. The molecule has 1 aromatic carbocycles. The van der Waals surface area contributed by atoms with Crippen molar-refractivity contribution in [1.82, 2.24) is 4.57 Å². The highest BCUT2D eigenvalue weighted by Gasteiger charge is 2.17. The first-order chi connectivity index (χ1) is 10.1. The molecule has 110 valence electrons. The number of carboxylic acid groups (broad SMARTS) is 1. The number of nitrogens with zero attached hydrogens (tertiary/aromatic N) is 1. The van der Waals surface area contributed by atoms with Gasteiger partial charge in [-0.2, -0.15) is 0 Å². The number of hydrogen-bond donors (Lipinski definition) is 1. The predicted molar refractivity (Wildman–Crippen MR) is 77.8 cm³/mol. The summed E-state index contributed by atoms with van der Waals surface area (Å²) >= 11 is 0. The Labute approximate surface area is 122 Å². The maximum Gasteiger partial charge on any atom is 0.337 e. The topological polar surface area (TPSA) is 60.7 Å². The standard InChI is InChI=1S/C16H17NO4/c1-10-8-13(16(18)19)11(2)17(10)12-4-5-14-15(9-12)21-7-3-6-20-14/h4-5,8-9H,3,6-7H2,1-2H3,(H,18,19). The molecule has 1 aromatic heterocycles. The van der Waals surface area contributed by atoms with Crippen LogP contribution in [0.5, 0.6) is 11.5 Å². The molecule has 5 nitrogen and oxygen atoms in total. The summed E-state index contributed by atoms with van der Waals surface area (Å²) in [5.74, 6) is 0.523. The van der Waals surface area contributed by atoms with Gasteiger partial charge >= 0.3 is 5.97 Å². The van der Waals surface area contributed by atoms with Crippen LogP contribution in [0, 0.1) is 13.8 Å². The molecule has 3 rings (SSSR count). The second-order valence-corrected chi connectivity index (χ2v) is 5.11. The first-order valence-corrected chi connectivity index (χ1v) is 6.90. The molecule has 0 bridgehead atoms. The number of hydrogen-bond acceptors (Lipinski definition) is 3. The molecule has 0 unspecified atom stereocenters. The Kier molecular flexibility index (Phi) is 3.33. The van der Waals surface area contributed by atoms with E-state index < -0.39 is 5.97 Å². The smallest absolute Gasteiger partial charge is 0.337 e. The lowest BCUT2D eigenvalue weighted by Gasteiger charge is -2.13. The van der Waals surface area contributed by atoms with E-state index >= 15 is 0 Å². The van der Waals surface area contributed by atoms with E-state index in [1.54, 1.807) is 13.0 Å². The quantitative estimate of drug-likeness (QED) is 0.922. The molecule has 0 radical (unpaired) electrons. The fourth-order valence-corrected chi connectivity index (χ4v) is 2.67. The SMILES string of the molecule is Cc1cc(C(=O)O)c(C)n1-c1ccc2c(c1)OCCCO2. The van der Waals surface area contributed by atoms with Crippen LogP contribution in [0.1, 0.15) is 28.2 Å². The van der Waals surface area contributed by atoms with Gasteiger partial charge in [-0.25, -0.2) is 4.79 Å². The molecule has 0 amide bonds. The van der Waals surface area contributed by atoms with Gasteiger partial charge in [0.1, 0.15) is 0 Å². The largest absolute Gasteiger partial charge is 0.490 e. The van der Waals surface area contributed by atoms with E-state index in [0.29, 0.717) is 30.2 Å². The second-order valence-electron chi connectivity index (χ2n) is 5.11. The lowest BCUT2D eigenvalue weighted by Crippen LogP contribution is -2.03. The van der Waals surface area contributed by atoms with Crippen LogP contribution in [0.25, 0.3) is 5.69 Å². The minimum Gasteiger partial charge on any atom is -0.490 e. The van der Waals surface area contributed by atoms with Crippen LogP contribution in [0.15, 0.2) is 24.3 Å². The number of aryl methyl sites for hydroxylation is 1. The molecule has 0 aliphatic carbocycles. The van der Waals surface area contributed by atoms with Crippen LogP contribution in [0.4, 0.5) is 0 Å². The van der Waals surface area contributed by atoms with E-state index in [1.165, 1.54) is 0 Å². The molecule has 2 heterocycles. The summed E-state index contributed by atoms with van der Waals surface area (Å²) < 4.78 is 13.2. The van der Waals surface area contributed by atoms with Crippen LogP contribution >= 0.6 is 0 Å². The van der Waals surface area contributed by atoms with Crippen LogP contribution in [0.2, 0.25) is 0 Å². The fourth-order valence-electron chi connectivity index (χ4n) is 2.67. The van der Waals surface area contributed by atoms with E-state index in [9.17, 15) is 9.90 Å². The number of carboxylic acids is 1. The number of ether oxygens (including phenoxy) is 2. The van der Waals surface area contributed by atoms with Gasteiger partial charge in [0.2, 0.25) is 0 Å². The van der Waals surface area contributed by atoms with Gasteiger partial charge in [0.05, 0.1) is 18.8 Å². The first-order valence-electron chi connectivity index (χ1n) is 6.90. The van der Waals surface area contributed by atoms with Crippen molar-refractivity contribution in [1.29, 1.82) is 0 Å². The maximum absolute atomic E-state index is 11.2. The summed E-state index contributed by atoms with van der Waals surface area (Å²) in [7, 11) is 0. The summed E-state index contributed by atoms with van der Waals surface area (Å²) in [5.41, 5.74) is 2.77. The van der Waals surface area contributed by atoms with Gasteiger partial charge in [-0.05, 0) is 32.0 Å². The van der Waals surface area contributed by atoms with Gasteiger partial charge in [0.15, 0.2) is 11.5 Å². The molecule has 0 atom stereocenters. The Hall–Kier alpha value is -2.43. The van der Waals surface area contributed by atoms with Crippen molar-refractivity contribution >= 4 is 5.97 Å². The van der Waals surface area contributed by atoms with Crippen molar-refractivity contribution in [2.75, 3.05) is 13.2 Å². The van der Waals surface area contributed by atoms with Crippen molar-refractivity contribution in [3.8, 4) is 17.2 Å². The van der Waals surface area contributed by atoms with Gasteiger partial charge in [0, 0.05) is 29.6 Å². The van der Waals surface area contributed by atoms with Crippen LogP contribution in [-0.4, -0.2) is 28.9 Å². The maximum atomic E-state index is 11.2. The molecule has 0 spiro atoms. The van der Waals surface area contributed by atoms with Gasteiger partial charge in [0.25, 0.3) is 0 Å². The molecule has 1 N–H and O–H groups in total. The molecule has 2 aromatic rings. The molecule has 0 fully saturated rings. The summed E-state index contributed by atoms with van der Waals surface area (Å²) in [6.45, 7) is 4.97. The van der Waals surface area contributed by atoms with Crippen LogP contribution in [-0.2, 0) is 0 Å². The van der Waals surface area contributed by atoms with E-state index in [1.807, 2.05) is 29.7 Å². The number of fused-ring (bicyclic) bond motifs is 1. The third-order valence-electron chi connectivity index (χ3n) is 3.65. The first kappa shape index (κ1) is 13.5. The number of carbonyl (C=O) groups is 1. The van der Waals surface area contributed by atoms with E-state index in [2.05, 4.69) is 0 Å². The van der Waals surface area contributed by atoms with Crippen LogP contribution < -0.4 is 9.47 Å². The van der Waals surface area contributed by atoms with Gasteiger partial charge in [-0.15, -0.1) is 0 Å². The third-order valence-corrected chi connectivity index (χ3v) is 3.65. The highest BCUT2D eigenvalue weighted by atomic mass is 16.5. The Bertz CT molecular complexity index is 703. The second kappa shape index (κ2) is 5.16. The zero-order valence-corrected chi connectivity index (χ0v) is 12.0. The third kappa shape index (κ3) is 2.35.